The van der Waals surface area contributed by atoms with Crippen LogP contribution in [0.4, 0.5) is 10.1 Å². The van der Waals surface area contributed by atoms with Gasteiger partial charge in [0.05, 0.1) is 18.9 Å². The molecule has 4 nitrogen and oxygen atoms in total. The van der Waals surface area contributed by atoms with E-state index in [1.54, 1.807) is 0 Å². The maximum atomic E-state index is 13.6. The van der Waals surface area contributed by atoms with Crippen molar-refractivity contribution < 1.29 is 19.3 Å². The number of aliphatic hydroxyl groups is 2. The molecule has 2 unspecified atom stereocenters. The highest BCUT2D eigenvalue weighted by molar-refractivity contribution is 7.80. The molecule has 17 heavy (non-hydrogen) atoms. The molecule has 0 amide bonds. The van der Waals surface area contributed by atoms with Gasteiger partial charge < -0.3 is 20.7 Å². The Morgan fingerprint density at radius 2 is 2.12 bits per heavy atom. The van der Waals surface area contributed by atoms with E-state index in [1.807, 2.05) is 0 Å². The van der Waals surface area contributed by atoms with Gasteiger partial charge in [-0.05, 0) is 18.2 Å². The number of anilines is 1. The van der Waals surface area contributed by atoms with E-state index in [1.165, 1.54) is 13.2 Å². The van der Waals surface area contributed by atoms with E-state index in [4.69, 9.17) is 10.5 Å². The van der Waals surface area contributed by atoms with Gasteiger partial charge in [-0.15, -0.1) is 0 Å². The Bertz CT molecular complexity index is 389. The van der Waals surface area contributed by atoms with Crippen molar-refractivity contribution in [3.8, 4) is 5.75 Å². The molecule has 0 saturated carbocycles. The second-order valence-corrected chi connectivity index (χ2v) is 4.09. The third-order valence-electron chi connectivity index (χ3n) is 2.46. The first kappa shape index (κ1) is 14.1. The Labute approximate surface area is 105 Å². The third kappa shape index (κ3) is 3.24. The molecule has 0 aromatic heterocycles. The number of aliphatic hydroxyl groups excluding tert-OH is 2. The average molecular weight is 261 g/mol. The van der Waals surface area contributed by atoms with Gasteiger partial charge in [-0.2, -0.15) is 12.6 Å². The molecule has 1 aromatic rings. The molecule has 96 valence electrons. The van der Waals surface area contributed by atoms with Gasteiger partial charge >= 0.3 is 0 Å². The SMILES string of the molecule is COc1cc(C(O)C(O)CCS)c(F)cc1N. The van der Waals surface area contributed by atoms with Crippen LogP contribution in [0.15, 0.2) is 12.1 Å². The number of methoxy groups -OCH3 is 1. The number of rotatable bonds is 5. The molecule has 2 atom stereocenters. The van der Waals surface area contributed by atoms with Crippen LogP contribution in [-0.2, 0) is 0 Å². The van der Waals surface area contributed by atoms with Crippen molar-refractivity contribution in [2.45, 2.75) is 18.6 Å². The summed E-state index contributed by atoms with van der Waals surface area (Å²) >= 11 is 3.94. The number of ether oxygens (including phenoxy) is 1. The van der Waals surface area contributed by atoms with Gasteiger partial charge in [-0.25, -0.2) is 4.39 Å². The van der Waals surface area contributed by atoms with E-state index in [0.717, 1.165) is 6.07 Å². The summed E-state index contributed by atoms with van der Waals surface area (Å²) in [6.07, 6.45) is -2.14. The highest BCUT2D eigenvalue weighted by atomic mass is 32.1. The maximum Gasteiger partial charge on any atom is 0.142 e. The first-order valence-corrected chi connectivity index (χ1v) is 5.74. The van der Waals surface area contributed by atoms with Crippen LogP contribution in [0.1, 0.15) is 18.1 Å². The summed E-state index contributed by atoms with van der Waals surface area (Å²) in [4.78, 5) is 0. The number of benzene rings is 1. The molecule has 0 aliphatic heterocycles. The van der Waals surface area contributed by atoms with Crippen LogP contribution in [0, 0.1) is 5.82 Å². The molecule has 0 heterocycles. The highest BCUT2D eigenvalue weighted by Gasteiger charge is 2.22. The fourth-order valence-corrected chi connectivity index (χ4v) is 1.75. The van der Waals surface area contributed by atoms with Crippen LogP contribution in [-0.4, -0.2) is 29.2 Å². The van der Waals surface area contributed by atoms with Crippen molar-refractivity contribution in [2.75, 3.05) is 18.6 Å². The first-order chi connectivity index (χ1) is 8.01. The molecule has 0 bridgehead atoms. The summed E-state index contributed by atoms with van der Waals surface area (Å²) < 4.78 is 18.5. The van der Waals surface area contributed by atoms with Crippen LogP contribution < -0.4 is 10.5 Å². The predicted octanol–water partition coefficient (Wildman–Crippen LogP) is 1.13. The lowest BCUT2D eigenvalue weighted by Crippen LogP contribution is -2.20. The van der Waals surface area contributed by atoms with Gasteiger partial charge in [-0.3, -0.25) is 0 Å². The molecule has 0 spiro atoms. The summed E-state index contributed by atoms with van der Waals surface area (Å²) in [5.74, 6) is -0.0149. The monoisotopic (exact) mass is 261 g/mol. The molecular formula is C11H16FNO3S. The Morgan fingerprint density at radius 1 is 1.47 bits per heavy atom. The largest absolute Gasteiger partial charge is 0.495 e. The summed E-state index contributed by atoms with van der Waals surface area (Å²) in [5, 5.41) is 19.4. The van der Waals surface area contributed by atoms with Crippen molar-refractivity contribution in [1.82, 2.24) is 0 Å². The van der Waals surface area contributed by atoms with Crippen LogP contribution >= 0.6 is 12.6 Å². The second-order valence-electron chi connectivity index (χ2n) is 3.64. The number of hydrogen-bond acceptors (Lipinski definition) is 5. The van der Waals surface area contributed by atoms with E-state index < -0.39 is 18.0 Å². The average Bonchev–Trinajstić information content (AvgIpc) is 2.29. The van der Waals surface area contributed by atoms with Crippen molar-refractivity contribution in [3.63, 3.8) is 0 Å². The van der Waals surface area contributed by atoms with Gasteiger partial charge in [-0.1, -0.05) is 0 Å². The molecule has 0 fully saturated rings. The Morgan fingerprint density at radius 3 is 2.65 bits per heavy atom. The van der Waals surface area contributed by atoms with Crippen LogP contribution in [0.5, 0.6) is 5.75 Å². The predicted molar refractivity (Wildman–Crippen MR) is 66.8 cm³/mol. The normalized spacial score (nSPS) is 14.4. The quantitative estimate of drug-likeness (QED) is 0.473. The molecular weight excluding hydrogens is 245 g/mol. The highest BCUT2D eigenvalue weighted by Crippen LogP contribution is 2.30. The van der Waals surface area contributed by atoms with E-state index >= 15 is 0 Å². The van der Waals surface area contributed by atoms with Gasteiger partial charge in [0.25, 0.3) is 0 Å². The minimum atomic E-state index is -1.32. The standard InChI is InChI=1S/C11H16FNO3S/c1-16-10-4-6(7(12)5-8(10)13)11(15)9(14)2-3-17/h4-5,9,11,14-15,17H,2-3,13H2,1H3. The summed E-state index contributed by atoms with van der Waals surface area (Å²) in [7, 11) is 1.39. The summed E-state index contributed by atoms with van der Waals surface area (Å²) in [6.45, 7) is 0. The number of nitrogen functional groups attached to an aromatic ring is 1. The Hall–Kier alpha value is -0.980. The Kier molecular flexibility index (Phi) is 5.04. The van der Waals surface area contributed by atoms with Gasteiger partial charge in [0, 0.05) is 11.6 Å². The summed E-state index contributed by atoms with van der Waals surface area (Å²) in [5.41, 5.74) is 5.62. The molecule has 0 radical (unpaired) electrons. The minimum Gasteiger partial charge on any atom is -0.495 e. The fraction of sp³-hybridized carbons (Fsp3) is 0.455. The number of thiol groups is 1. The number of hydrogen-bond donors (Lipinski definition) is 4. The third-order valence-corrected chi connectivity index (χ3v) is 2.72. The molecule has 4 N–H and O–H groups in total. The number of nitrogens with two attached hydrogens (primary N) is 1. The van der Waals surface area contributed by atoms with E-state index in [-0.39, 0.29) is 23.4 Å². The van der Waals surface area contributed by atoms with Crippen LogP contribution in [0.2, 0.25) is 0 Å². The lowest BCUT2D eigenvalue weighted by Gasteiger charge is -2.19. The molecule has 0 saturated heterocycles. The topological polar surface area (TPSA) is 75.7 Å². The maximum absolute atomic E-state index is 13.6. The molecule has 6 heteroatoms. The van der Waals surface area contributed by atoms with Crippen LogP contribution in [0.3, 0.4) is 0 Å². The van der Waals surface area contributed by atoms with E-state index in [0.29, 0.717) is 5.75 Å². The van der Waals surface area contributed by atoms with Crippen LogP contribution in [0.25, 0.3) is 0 Å². The van der Waals surface area contributed by atoms with Gasteiger partial charge in [0.2, 0.25) is 0 Å². The summed E-state index contributed by atoms with van der Waals surface area (Å²) in [6, 6.07) is 2.35. The fourth-order valence-electron chi connectivity index (χ4n) is 1.49. The molecule has 1 rings (SSSR count). The van der Waals surface area contributed by atoms with Crippen molar-refractivity contribution in [2.24, 2.45) is 0 Å². The number of halogens is 1. The lowest BCUT2D eigenvalue weighted by atomic mass is 10.0. The van der Waals surface area contributed by atoms with Gasteiger partial charge in [0.1, 0.15) is 17.7 Å². The zero-order valence-corrected chi connectivity index (χ0v) is 10.3. The molecule has 1 aromatic carbocycles. The van der Waals surface area contributed by atoms with Crippen molar-refractivity contribution >= 4 is 18.3 Å². The molecule has 0 aliphatic rings. The minimum absolute atomic E-state index is 0.0367. The second kappa shape index (κ2) is 6.09. The first-order valence-electron chi connectivity index (χ1n) is 5.11. The van der Waals surface area contributed by atoms with E-state index in [9.17, 15) is 14.6 Å². The zero-order valence-electron chi connectivity index (χ0n) is 9.43. The van der Waals surface area contributed by atoms with Crippen molar-refractivity contribution in [3.05, 3.63) is 23.5 Å². The van der Waals surface area contributed by atoms with Crippen molar-refractivity contribution in [1.29, 1.82) is 0 Å². The van der Waals surface area contributed by atoms with Gasteiger partial charge in [0.15, 0.2) is 0 Å². The molecule has 0 aliphatic carbocycles. The Balaban J connectivity index is 3.04. The van der Waals surface area contributed by atoms with E-state index in [2.05, 4.69) is 12.6 Å². The zero-order chi connectivity index (χ0) is 13.0. The lowest BCUT2D eigenvalue weighted by molar-refractivity contribution is 0.0151. The smallest absolute Gasteiger partial charge is 0.142 e.